The van der Waals surface area contributed by atoms with Crippen molar-refractivity contribution < 1.29 is 4.79 Å². The van der Waals surface area contributed by atoms with Gasteiger partial charge in [0.2, 0.25) is 0 Å². The van der Waals surface area contributed by atoms with Crippen LogP contribution in [0.3, 0.4) is 0 Å². The third kappa shape index (κ3) is 5.07. The Morgan fingerprint density at radius 3 is 2.83 bits per heavy atom. The van der Waals surface area contributed by atoms with Gasteiger partial charge in [-0.2, -0.15) is 0 Å². The molecule has 1 saturated carbocycles. The first-order valence-corrected chi connectivity index (χ1v) is 13.2. The summed E-state index contributed by atoms with van der Waals surface area (Å²) < 4.78 is 0. The smallest absolute Gasteiger partial charge is 0.255 e. The maximum absolute atomic E-state index is 13.0. The van der Waals surface area contributed by atoms with E-state index in [9.17, 15) is 4.79 Å². The van der Waals surface area contributed by atoms with Crippen LogP contribution in [-0.4, -0.2) is 29.1 Å². The maximum Gasteiger partial charge on any atom is 0.255 e. The molecule has 1 atom stereocenters. The van der Waals surface area contributed by atoms with E-state index in [4.69, 9.17) is 5.73 Å². The van der Waals surface area contributed by atoms with E-state index in [-0.39, 0.29) is 17.4 Å². The first-order valence-electron chi connectivity index (χ1n) is 12.4. The van der Waals surface area contributed by atoms with Gasteiger partial charge in [0.15, 0.2) is 0 Å². The molecule has 4 N–H and O–H groups in total. The molecule has 0 saturated heterocycles. The number of carbonyl (C=O) groups is 1. The zero-order chi connectivity index (χ0) is 24.3. The van der Waals surface area contributed by atoms with E-state index in [0.717, 1.165) is 25.0 Å². The Balaban J connectivity index is 1.25. The van der Waals surface area contributed by atoms with Crippen LogP contribution >= 0.6 is 11.3 Å². The lowest BCUT2D eigenvalue weighted by Crippen LogP contribution is -2.39. The number of allylic oxidation sites excluding steroid dienone is 3. The minimum Gasteiger partial charge on any atom is -0.386 e. The number of thiophene rings is 1. The number of hydrogen-bond acceptors (Lipinski definition) is 7. The highest BCUT2D eigenvalue weighted by atomic mass is 32.1. The number of amidine groups is 1. The Kier molecular flexibility index (Phi) is 6.81. The molecule has 0 bridgehead atoms. The van der Waals surface area contributed by atoms with E-state index >= 15 is 0 Å². The van der Waals surface area contributed by atoms with E-state index in [1.807, 2.05) is 18.2 Å². The molecule has 5 rings (SSSR count). The van der Waals surface area contributed by atoms with Gasteiger partial charge in [-0.3, -0.25) is 4.79 Å². The Morgan fingerprint density at radius 1 is 1.17 bits per heavy atom. The molecular weight excluding hydrogens is 456 g/mol. The molecule has 7 nitrogen and oxygen atoms in total. The number of rotatable bonds is 6. The fourth-order valence-corrected chi connectivity index (χ4v) is 5.97. The van der Waals surface area contributed by atoms with Crippen molar-refractivity contribution in [3.05, 3.63) is 63.6 Å². The van der Waals surface area contributed by atoms with Gasteiger partial charge in [0, 0.05) is 22.0 Å². The lowest BCUT2D eigenvalue weighted by molar-refractivity contribution is 0.0934. The highest BCUT2D eigenvalue weighted by Crippen LogP contribution is 2.44. The standard InChI is InChI=1S/C27H32N6OS/c1-27-15-18(10-13-23(27)31-17-32-26(27)28)22-12-11-20(35-22)16-30-24-21(9-6-14-29-24)25(34)33-19-7-4-2-3-5-8-19/h6,9-14,17,19H,2-5,7-8,15-16H2,1H3,(H,29,30)(H,33,34)(H2,28,31,32). The van der Waals surface area contributed by atoms with Gasteiger partial charge in [-0.25, -0.2) is 15.0 Å². The summed E-state index contributed by atoms with van der Waals surface area (Å²) in [5, 5.41) is 6.62. The number of fused-ring (bicyclic) bond motifs is 1. The zero-order valence-electron chi connectivity index (χ0n) is 20.1. The lowest BCUT2D eigenvalue weighted by Gasteiger charge is -2.34. The van der Waals surface area contributed by atoms with Crippen LogP contribution in [0.1, 0.15) is 72.0 Å². The predicted octanol–water partition coefficient (Wildman–Crippen LogP) is 5.28. The van der Waals surface area contributed by atoms with E-state index in [1.165, 1.54) is 47.3 Å². The summed E-state index contributed by atoms with van der Waals surface area (Å²) >= 11 is 1.74. The summed E-state index contributed by atoms with van der Waals surface area (Å²) in [7, 11) is 0. The Morgan fingerprint density at radius 2 is 2.00 bits per heavy atom. The molecule has 2 aromatic rings. The van der Waals surface area contributed by atoms with Crippen molar-refractivity contribution in [2.75, 3.05) is 5.32 Å². The predicted molar refractivity (Wildman–Crippen MR) is 144 cm³/mol. The topological polar surface area (TPSA) is 105 Å². The van der Waals surface area contributed by atoms with Crippen LogP contribution in [0.4, 0.5) is 5.82 Å². The van der Waals surface area contributed by atoms with E-state index in [1.54, 1.807) is 17.5 Å². The molecule has 0 radical (unpaired) electrons. The number of aliphatic imine (C=N–C) groups is 2. The number of carbonyl (C=O) groups excluding carboxylic acids is 1. The molecule has 3 heterocycles. The van der Waals surface area contributed by atoms with Gasteiger partial charge < -0.3 is 16.4 Å². The number of nitrogens with zero attached hydrogens (tertiary/aromatic N) is 3. The maximum atomic E-state index is 13.0. The number of nitrogens with two attached hydrogens (primary N) is 1. The van der Waals surface area contributed by atoms with Crippen LogP contribution < -0.4 is 16.4 Å². The molecule has 2 aliphatic carbocycles. The van der Waals surface area contributed by atoms with Gasteiger partial charge >= 0.3 is 0 Å². The van der Waals surface area contributed by atoms with Gasteiger partial charge in [-0.15, -0.1) is 11.3 Å². The molecular formula is C27H32N6OS. The fourth-order valence-electron chi connectivity index (χ4n) is 5.00. The minimum atomic E-state index is -0.366. The molecule has 3 aliphatic rings. The monoisotopic (exact) mass is 488 g/mol. The molecule has 1 amide bonds. The first-order chi connectivity index (χ1) is 17.0. The van der Waals surface area contributed by atoms with Crippen molar-refractivity contribution in [3.63, 3.8) is 0 Å². The largest absolute Gasteiger partial charge is 0.386 e. The second kappa shape index (κ2) is 10.2. The van der Waals surface area contributed by atoms with Crippen LogP contribution in [0.5, 0.6) is 0 Å². The number of amides is 1. The molecule has 8 heteroatoms. The van der Waals surface area contributed by atoms with Crippen molar-refractivity contribution in [1.82, 2.24) is 10.3 Å². The van der Waals surface area contributed by atoms with Crippen molar-refractivity contribution in [2.45, 2.75) is 64.5 Å². The van der Waals surface area contributed by atoms with Gasteiger partial charge in [0.1, 0.15) is 18.0 Å². The Bertz CT molecular complexity index is 1220. The average Bonchev–Trinajstić information content (AvgIpc) is 3.20. The second-order valence-corrected chi connectivity index (χ2v) is 10.9. The summed E-state index contributed by atoms with van der Waals surface area (Å²) in [4.78, 5) is 28.5. The summed E-state index contributed by atoms with van der Waals surface area (Å²) in [6, 6.07) is 8.19. The number of aromatic nitrogens is 1. The highest BCUT2D eigenvalue weighted by Gasteiger charge is 2.38. The van der Waals surface area contributed by atoms with Crippen molar-refractivity contribution in [2.24, 2.45) is 21.1 Å². The van der Waals surface area contributed by atoms with Gasteiger partial charge in [-0.05, 0) is 62.1 Å². The molecule has 1 fully saturated rings. The molecule has 1 aliphatic heterocycles. The van der Waals surface area contributed by atoms with Crippen LogP contribution in [0.15, 0.2) is 58.3 Å². The Hall–Kier alpha value is -3.26. The number of anilines is 1. The van der Waals surface area contributed by atoms with E-state index < -0.39 is 0 Å². The van der Waals surface area contributed by atoms with Crippen LogP contribution in [0.2, 0.25) is 0 Å². The summed E-state index contributed by atoms with van der Waals surface area (Å²) in [5.74, 6) is 1.18. The van der Waals surface area contributed by atoms with Crippen molar-refractivity contribution in [3.8, 4) is 0 Å². The van der Waals surface area contributed by atoms with E-state index in [0.29, 0.717) is 23.8 Å². The van der Waals surface area contributed by atoms with Crippen molar-refractivity contribution in [1.29, 1.82) is 0 Å². The average molecular weight is 489 g/mol. The molecule has 0 aromatic carbocycles. The van der Waals surface area contributed by atoms with Crippen LogP contribution in [0, 0.1) is 5.41 Å². The molecule has 182 valence electrons. The normalized spacial score (nSPS) is 22.4. The zero-order valence-corrected chi connectivity index (χ0v) is 20.9. The van der Waals surface area contributed by atoms with Gasteiger partial charge in [-0.1, -0.05) is 31.8 Å². The first kappa shape index (κ1) is 23.5. The minimum absolute atomic E-state index is 0.0445. The summed E-state index contributed by atoms with van der Waals surface area (Å²) in [6.45, 7) is 2.70. The third-order valence-electron chi connectivity index (χ3n) is 7.16. The number of pyridine rings is 1. The van der Waals surface area contributed by atoms with Crippen molar-refractivity contribution >= 4 is 40.8 Å². The Labute approximate surface area is 210 Å². The highest BCUT2D eigenvalue weighted by molar-refractivity contribution is 7.13. The number of nitrogens with one attached hydrogen (secondary N) is 2. The number of hydrogen-bond donors (Lipinski definition) is 3. The molecule has 2 aromatic heterocycles. The third-order valence-corrected chi connectivity index (χ3v) is 8.32. The second-order valence-electron chi connectivity index (χ2n) is 9.69. The lowest BCUT2D eigenvalue weighted by atomic mass is 9.75. The molecule has 1 unspecified atom stereocenters. The molecule has 0 spiro atoms. The van der Waals surface area contributed by atoms with Crippen LogP contribution in [0.25, 0.3) is 5.57 Å². The van der Waals surface area contributed by atoms with E-state index in [2.05, 4.69) is 50.7 Å². The summed E-state index contributed by atoms with van der Waals surface area (Å²) in [5.41, 5.74) is 8.65. The van der Waals surface area contributed by atoms with Gasteiger partial charge in [0.05, 0.1) is 23.2 Å². The van der Waals surface area contributed by atoms with Gasteiger partial charge in [0.25, 0.3) is 5.91 Å². The van der Waals surface area contributed by atoms with Crippen LogP contribution in [-0.2, 0) is 6.54 Å². The quantitative estimate of drug-likeness (QED) is 0.481. The SMILES string of the molecule is CC12CC(c3ccc(CNc4ncccc4C(=O)NC4CCCCCC4)s3)=CC=C1N=CN=C2N. The fraction of sp³-hybridized carbons (Fsp3) is 0.407. The summed E-state index contributed by atoms with van der Waals surface area (Å²) in [6.07, 6.45) is 15.2. The molecule has 35 heavy (non-hydrogen) atoms.